The Morgan fingerprint density at radius 1 is 1.23 bits per heavy atom. The smallest absolute Gasteiger partial charge is 0.422 e. The average Bonchev–Trinajstić information content (AvgIpc) is 2.59. The van der Waals surface area contributed by atoms with Gasteiger partial charge in [-0.2, -0.15) is 13.2 Å². The lowest BCUT2D eigenvalue weighted by Gasteiger charge is -2.32. The molecule has 1 aliphatic heterocycles. The number of hydrogen-bond acceptors (Lipinski definition) is 3. The zero-order valence-corrected chi connectivity index (χ0v) is 14.8. The normalized spacial score (nSPS) is 15.8. The van der Waals surface area contributed by atoms with E-state index in [-0.39, 0.29) is 35.1 Å². The molecule has 1 aromatic carbocycles. The number of alkyl halides is 3. The lowest BCUT2D eigenvalue weighted by molar-refractivity contribution is -0.153. The summed E-state index contributed by atoms with van der Waals surface area (Å²) in [6.45, 7) is 3.25. The van der Waals surface area contributed by atoms with Crippen LogP contribution in [0.15, 0.2) is 24.3 Å². The van der Waals surface area contributed by atoms with Crippen LogP contribution in [0.25, 0.3) is 0 Å². The van der Waals surface area contributed by atoms with Crippen LogP contribution < -0.4 is 10.1 Å². The van der Waals surface area contributed by atoms with Crippen LogP contribution in [-0.2, 0) is 9.59 Å². The van der Waals surface area contributed by atoms with Gasteiger partial charge in [0.25, 0.3) is 0 Å². The predicted octanol–water partition coefficient (Wildman–Crippen LogP) is 3.46. The standard InChI is InChI=1S/C18H23F3N2O3/c1-12(2)17(25)23-9-7-13(8-10-23)16(24)22-14-5-3-4-6-15(14)26-11-18(19,20)21/h3-6,12-13H,7-11H2,1-2H3,(H,22,24). The summed E-state index contributed by atoms with van der Waals surface area (Å²) < 4.78 is 41.8. The molecular formula is C18H23F3N2O3. The van der Waals surface area contributed by atoms with E-state index in [0.29, 0.717) is 25.9 Å². The van der Waals surface area contributed by atoms with Gasteiger partial charge in [0, 0.05) is 24.9 Å². The Hall–Kier alpha value is -2.25. The number of nitrogens with one attached hydrogen (secondary N) is 1. The third-order valence-corrected chi connectivity index (χ3v) is 4.21. The van der Waals surface area contributed by atoms with Crippen molar-refractivity contribution >= 4 is 17.5 Å². The highest BCUT2D eigenvalue weighted by Gasteiger charge is 2.30. The van der Waals surface area contributed by atoms with Crippen molar-refractivity contribution in [3.8, 4) is 5.75 Å². The Kier molecular flexibility index (Phi) is 6.50. The predicted molar refractivity (Wildman–Crippen MR) is 90.8 cm³/mol. The quantitative estimate of drug-likeness (QED) is 0.861. The minimum Gasteiger partial charge on any atom is -0.482 e. The van der Waals surface area contributed by atoms with Gasteiger partial charge in [0.05, 0.1) is 5.69 Å². The number of rotatable bonds is 5. The van der Waals surface area contributed by atoms with Crippen LogP contribution in [0, 0.1) is 11.8 Å². The molecule has 0 unspecified atom stereocenters. The van der Waals surface area contributed by atoms with Gasteiger partial charge in [0.15, 0.2) is 6.61 Å². The molecule has 1 aliphatic rings. The first-order chi connectivity index (χ1) is 12.2. The van der Waals surface area contributed by atoms with Crippen LogP contribution in [-0.4, -0.2) is 42.6 Å². The fraction of sp³-hybridized carbons (Fsp3) is 0.556. The fourth-order valence-corrected chi connectivity index (χ4v) is 2.82. The Morgan fingerprint density at radius 3 is 2.42 bits per heavy atom. The van der Waals surface area contributed by atoms with E-state index in [4.69, 9.17) is 4.74 Å². The molecule has 1 saturated heterocycles. The number of carbonyl (C=O) groups excluding carboxylic acids is 2. The fourth-order valence-electron chi connectivity index (χ4n) is 2.82. The van der Waals surface area contributed by atoms with Gasteiger partial charge in [-0.05, 0) is 25.0 Å². The summed E-state index contributed by atoms with van der Waals surface area (Å²) in [5, 5.41) is 2.65. The molecule has 2 rings (SSSR count). The summed E-state index contributed by atoms with van der Waals surface area (Å²) >= 11 is 0. The largest absolute Gasteiger partial charge is 0.482 e. The van der Waals surface area contributed by atoms with Crippen molar-refractivity contribution < 1.29 is 27.5 Å². The molecule has 1 heterocycles. The number of piperidine rings is 1. The number of nitrogens with zero attached hydrogens (tertiary/aromatic N) is 1. The van der Waals surface area contributed by atoms with E-state index in [2.05, 4.69) is 5.32 Å². The SMILES string of the molecule is CC(C)C(=O)N1CCC(C(=O)Nc2ccccc2OCC(F)(F)F)CC1. The Labute approximate surface area is 150 Å². The van der Waals surface area contributed by atoms with Crippen molar-refractivity contribution in [2.75, 3.05) is 25.0 Å². The molecule has 0 aromatic heterocycles. The molecule has 0 atom stereocenters. The van der Waals surface area contributed by atoms with E-state index in [9.17, 15) is 22.8 Å². The van der Waals surface area contributed by atoms with Gasteiger partial charge in [-0.1, -0.05) is 26.0 Å². The molecule has 1 aromatic rings. The van der Waals surface area contributed by atoms with Crippen molar-refractivity contribution in [3.05, 3.63) is 24.3 Å². The molecule has 0 bridgehead atoms. The number of amides is 2. The monoisotopic (exact) mass is 372 g/mol. The second-order valence-corrected chi connectivity index (χ2v) is 6.64. The Bertz CT molecular complexity index is 639. The summed E-state index contributed by atoms with van der Waals surface area (Å²) in [5.74, 6) is -0.607. The third kappa shape index (κ3) is 5.64. The molecule has 5 nitrogen and oxygen atoms in total. The number of ether oxygens (including phenoxy) is 1. The van der Waals surface area contributed by atoms with Crippen molar-refractivity contribution in [2.24, 2.45) is 11.8 Å². The van der Waals surface area contributed by atoms with E-state index in [1.54, 1.807) is 11.0 Å². The number of para-hydroxylation sites is 2. The molecule has 0 aliphatic carbocycles. The summed E-state index contributed by atoms with van der Waals surface area (Å²) in [4.78, 5) is 26.2. The molecule has 2 amide bonds. The number of halogens is 3. The van der Waals surface area contributed by atoms with E-state index >= 15 is 0 Å². The van der Waals surface area contributed by atoms with Gasteiger partial charge in [-0.15, -0.1) is 0 Å². The van der Waals surface area contributed by atoms with Gasteiger partial charge in [0.1, 0.15) is 5.75 Å². The molecule has 0 saturated carbocycles. The zero-order chi connectivity index (χ0) is 19.3. The summed E-state index contributed by atoms with van der Waals surface area (Å²) in [6.07, 6.45) is -3.40. The zero-order valence-electron chi connectivity index (χ0n) is 14.8. The number of hydrogen-bond donors (Lipinski definition) is 1. The van der Waals surface area contributed by atoms with Crippen molar-refractivity contribution in [1.29, 1.82) is 0 Å². The lowest BCUT2D eigenvalue weighted by Crippen LogP contribution is -2.43. The number of anilines is 1. The molecule has 1 N–H and O–H groups in total. The van der Waals surface area contributed by atoms with Crippen LogP contribution in [0.5, 0.6) is 5.75 Å². The molecule has 26 heavy (non-hydrogen) atoms. The molecule has 0 radical (unpaired) electrons. The minimum absolute atomic E-state index is 0.0226. The van der Waals surface area contributed by atoms with Crippen LogP contribution in [0.4, 0.5) is 18.9 Å². The minimum atomic E-state index is -4.45. The van der Waals surface area contributed by atoms with Crippen LogP contribution in [0.2, 0.25) is 0 Å². The van der Waals surface area contributed by atoms with E-state index < -0.39 is 12.8 Å². The number of likely N-dealkylation sites (tertiary alicyclic amines) is 1. The molecule has 1 fully saturated rings. The summed E-state index contributed by atoms with van der Waals surface area (Å²) in [7, 11) is 0. The van der Waals surface area contributed by atoms with E-state index in [1.165, 1.54) is 18.2 Å². The maximum Gasteiger partial charge on any atom is 0.422 e. The highest BCUT2D eigenvalue weighted by Crippen LogP contribution is 2.28. The highest BCUT2D eigenvalue weighted by atomic mass is 19.4. The van der Waals surface area contributed by atoms with E-state index in [1.807, 2.05) is 13.8 Å². The van der Waals surface area contributed by atoms with Crippen molar-refractivity contribution in [1.82, 2.24) is 4.90 Å². The maximum absolute atomic E-state index is 12.4. The van der Waals surface area contributed by atoms with Crippen LogP contribution in [0.1, 0.15) is 26.7 Å². The van der Waals surface area contributed by atoms with Gasteiger partial charge in [-0.3, -0.25) is 9.59 Å². The van der Waals surface area contributed by atoms with Gasteiger partial charge < -0.3 is 15.0 Å². The van der Waals surface area contributed by atoms with Crippen molar-refractivity contribution in [3.63, 3.8) is 0 Å². The van der Waals surface area contributed by atoms with Crippen molar-refractivity contribution in [2.45, 2.75) is 32.9 Å². The summed E-state index contributed by atoms with van der Waals surface area (Å²) in [6, 6.07) is 6.03. The Morgan fingerprint density at radius 2 is 1.85 bits per heavy atom. The molecule has 144 valence electrons. The van der Waals surface area contributed by atoms with Gasteiger partial charge in [-0.25, -0.2) is 0 Å². The second-order valence-electron chi connectivity index (χ2n) is 6.64. The first-order valence-electron chi connectivity index (χ1n) is 8.55. The highest BCUT2D eigenvalue weighted by molar-refractivity contribution is 5.94. The lowest BCUT2D eigenvalue weighted by atomic mass is 9.95. The first-order valence-corrected chi connectivity index (χ1v) is 8.55. The number of carbonyl (C=O) groups is 2. The molecule has 0 spiro atoms. The van der Waals surface area contributed by atoms with Crippen LogP contribution >= 0.6 is 0 Å². The molecular weight excluding hydrogens is 349 g/mol. The first kappa shape index (κ1) is 20.1. The maximum atomic E-state index is 12.4. The number of benzene rings is 1. The second kappa shape index (κ2) is 8.42. The Balaban J connectivity index is 1.93. The van der Waals surface area contributed by atoms with Crippen LogP contribution in [0.3, 0.4) is 0 Å². The van der Waals surface area contributed by atoms with Gasteiger partial charge in [0.2, 0.25) is 11.8 Å². The van der Waals surface area contributed by atoms with Gasteiger partial charge >= 0.3 is 6.18 Å². The topological polar surface area (TPSA) is 58.6 Å². The summed E-state index contributed by atoms with van der Waals surface area (Å²) in [5.41, 5.74) is 0.211. The molecule has 8 heteroatoms. The third-order valence-electron chi connectivity index (χ3n) is 4.21. The van der Waals surface area contributed by atoms with E-state index in [0.717, 1.165) is 0 Å². The average molecular weight is 372 g/mol.